The number of nitrogens with one attached hydrogen (secondary N) is 2. The molecule has 0 aromatic carbocycles. The summed E-state index contributed by atoms with van der Waals surface area (Å²) in [5, 5.41) is 6.67. The molecule has 0 heterocycles. The van der Waals surface area contributed by atoms with Gasteiger partial charge in [-0.15, -0.1) is 24.0 Å². The quantitative estimate of drug-likeness (QED) is 0.175. The molecule has 132 valence electrons. The fourth-order valence-corrected chi connectivity index (χ4v) is 2.11. The number of guanidine groups is 1. The molecule has 0 amide bonds. The molecule has 0 aliphatic heterocycles. The van der Waals surface area contributed by atoms with Crippen molar-refractivity contribution < 1.29 is 9.53 Å². The second-order valence-electron chi connectivity index (χ2n) is 5.33. The van der Waals surface area contributed by atoms with Gasteiger partial charge in [-0.1, -0.05) is 33.1 Å². The molecule has 0 saturated heterocycles. The van der Waals surface area contributed by atoms with Crippen molar-refractivity contribution in [3.8, 4) is 0 Å². The summed E-state index contributed by atoms with van der Waals surface area (Å²) < 4.78 is 4.61. The number of methoxy groups -OCH3 is 1. The van der Waals surface area contributed by atoms with E-state index in [1.54, 1.807) is 7.05 Å². The number of halogens is 1. The van der Waals surface area contributed by atoms with Gasteiger partial charge in [0, 0.05) is 26.6 Å². The molecule has 1 atom stereocenters. The van der Waals surface area contributed by atoms with Crippen LogP contribution in [-0.2, 0) is 9.53 Å². The minimum absolute atomic E-state index is 0. The second-order valence-corrected chi connectivity index (χ2v) is 5.33. The van der Waals surface area contributed by atoms with Gasteiger partial charge in [0.05, 0.1) is 7.11 Å². The van der Waals surface area contributed by atoms with Crippen molar-refractivity contribution >= 4 is 35.9 Å². The summed E-state index contributed by atoms with van der Waals surface area (Å²) in [6, 6.07) is 0. The van der Waals surface area contributed by atoms with Crippen LogP contribution in [0.15, 0.2) is 4.99 Å². The molecule has 0 aromatic heterocycles. The van der Waals surface area contributed by atoms with E-state index in [4.69, 9.17) is 0 Å². The maximum absolute atomic E-state index is 11.0. The molecule has 6 heteroatoms. The lowest BCUT2D eigenvalue weighted by molar-refractivity contribution is -0.140. The number of unbranched alkanes of at least 4 members (excludes halogenated alkanes) is 2. The molecule has 22 heavy (non-hydrogen) atoms. The molecule has 0 aromatic rings. The van der Waals surface area contributed by atoms with Crippen molar-refractivity contribution in [3.63, 3.8) is 0 Å². The lowest BCUT2D eigenvalue weighted by Gasteiger charge is -2.18. The van der Waals surface area contributed by atoms with Crippen molar-refractivity contribution in [2.75, 3.05) is 27.2 Å². The SMILES string of the molecule is CCCCC(CC)CNC(=NC)NCCCCC(=O)OC.I. The summed E-state index contributed by atoms with van der Waals surface area (Å²) in [5.74, 6) is 1.42. The minimum Gasteiger partial charge on any atom is -0.469 e. The molecule has 0 aliphatic carbocycles. The Bertz CT molecular complexity index is 299. The number of aliphatic imine (C=N–C) groups is 1. The Labute approximate surface area is 153 Å². The van der Waals surface area contributed by atoms with E-state index in [1.807, 2.05) is 0 Å². The highest BCUT2D eigenvalue weighted by Crippen LogP contribution is 2.10. The molecule has 0 aliphatic rings. The van der Waals surface area contributed by atoms with Gasteiger partial charge in [0.1, 0.15) is 0 Å². The van der Waals surface area contributed by atoms with Crippen molar-refractivity contribution in [3.05, 3.63) is 0 Å². The van der Waals surface area contributed by atoms with E-state index in [-0.39, 0.29) is 29.9 Å². The number of rotatable bonds is 11. The maximum atomic E-state index is 11.0. The van der Waals surface area contributed by atoms with Crippen LogP contribution < -0.4 is 10.6 Å². The topological polar surface area (TPSA) is 62.7 Å². The Morgan fingerprint density at radius 2 is 1.91 bits per heavy atom. The third-order valence-corrected chi connectivity index (χ3v) is 3.65. The Hall–Kier alpha value is -0.530. The highest BCUT2D eigenvalue weighted by molar-refractivity contribution is 14.0. The van der Waals surface area contributed by atoms with E-state index < -0.39 is 0 Å². The number of ether oxygens (including phenoxy) is 1. The van der Waals surface area contributed by atoms with Crippen LogP contribution in [0.1, 0.15) is 58.8 Å². The largest absolute Gasteiger partial charge is 0.469 e. The first kappa shape index (κ1) is 23.7. The normalized spacial score (nSPS) is 12.3. The van der Waals surface area contributed by atoms with Crippen molar-refractivity contribution in [1.29, 1.82) is 0 Å². The lowest BCUT2D eigenvalue weighted by Crippen LogP contribution is -2.40. The van der Waals surface area contributed by atoms with E-state index in [1.165, 1.54) is 32.8 Å². The molecule has 0 rings (SSSR count). The number of carbonyl (C=O) groups is 1. The van der Waals surface area contributed by atoms with Crippen LogP contribution in [0, 0.1) is 5.92 Å². The van der Waals surface area contributed by atoms with E-state index in [0.717, 1.165) is 31.9 Å². The Morgan fingerprint density at radius 1 is 1.18 bits per heavy atom. The third kappa shape index (κ3) is 13.2. The summed E-state index contributed by atoms with van der Waals surface area (Å²) in [6.07, 6.45) is 7.27. The van der Waals surface area contributed by atoms with Crippen LogP contribution in [0.25, 0.3) is 0 Å². The standard InChI is InChI=1S/C16H33N3O2.HI/c1-5-7-10-14(6-2)13-19-16(17-3)18-12-9-8-11-15(20)21-4;/h14H,5-13H2,1-4H3,(H2,17,18,19);1H. The molecule has 0 radical (unpaired) electrons. The summed E-state index contributed by atoms with van der Waals surface area (Å²) >= 11 is 0. The highest BCUT2D eigenvalue weighted by Gasteiger charge is 2.07. The van der Waals surface area contributed by atoms with Crippen LogP contribution >= 0.6 is 24.0 Å². The van der Waals surface area contributed by atoms with Gasteiger partial charge in [-0.05, 0) is 25.2 Å². The van der Waals surface area contributed by atoms with Gasteiger partial charge in [0.25, 0.3) is 0 Å². The molecule has 2 N–H and O–H groups in total. The average Bonchev–Trinajstić information content (AvgIpc) is 2.52. The van der Waals surface area contributed by atoms with Gasteiger partial charge in [-0.25, -0.2) is 0 Å². The van der Waals surface area contributed by atoms with Gasteiger partial charge in [0.15, 0.2) is 5.96 Å². The van der Waals surface area contributed by atoms with Crippen LogP contribution in [0.2, 0.25) is 0 Å². The van der Waals surface area contributed by atoms with E-state index >= 15 is 0 Å². The molecule has 0 saturated carbocycles. The Balaban J connectivity index is 0. The first-order valence-electron chi connectivity index (χ1n) is 8.19. The predicted octanol–water partition coefficient (Wildman–Crippen LogP) is 3.33. The van der Waals surface area contributed by atoms with Gasteiger partial charge in [0.2, 0.25) is 0 Å². The maximum Gasteiger partial charge on any atom is 0.305 e. The smallest absolute Gasteiger partial charge is 0.305 e. The second kappa shape index (κ2) is 16.8. The van der Waals surface area contributed by atoms with E-state index in [9.17, 15) is 4.79 Å². The molecule has 5 nitrogen and oxygen atoms in total. The van der Waals surface area contributed by atoms with E-state index in [0.29, 0.717) is 12.3 Å². The first-order chi connectivity index (χ1) is 10.2. The number of esters is 1. The fourth-order valence-electron chi connectivity index (χ4n) is 2.11. The van der Waals surface area contributed by atoms with Crippen molar-refractivity contribution in [1.82, 2.24) is 10.6 Å². The number of hydrogen-bond donors (Lipinski definition) is 2. The Morgan fingerprint density at radius 3 is 2.45 bits per heavy atom. The molecule has 0 spiro atoms. The van der Waals surface area contributed by atoms with Crippen LogP contribution in [0.3, 0.4) is 0 Å². The van der Waals surface area contributed by atoms with Crippen molar-refractivity contribution in [2.45, 2.75) is 58.8 Å². The monoisotopic (exact) mass is 427 g/mol. The van der Waals surface area contributed by atoms with Crippen LogP contribution in [0.5, 0.6) is 0 Å². The summed E-state index contributed by atoms with van der Waals surface area (Å²) in [5.41, 5.74) is 0. The highest BCUT2D eigenvalue weighted by atomic mass is 127. The lowest BCUT2D eigenvalue weighted by atomic mass is 9.99. The van der Waals surface area contributed by atoms with Crippen molar-refractivity contribution in [2.24, 2.45) is 10.9 Å². The molecule has 0 bridgehead atoms. The zero-order valence-corrected chi connectivity index (χ0v) is 16.9. The minimum atomic E-state index is -0.140. The molecular weight excluding hydrogens is 393 g/mol. The summed E-state index contributed by atoms with van der Waals surface area (Å²) in [4.78, 5) is 15.2. The van der Waals surface area contributed by atoms with Crippen LogP contribution in [-0.4, -0.2) is 39.2 Å². The fraction of sp³-hybridized carbons (Fsp3) is 0.875. The molecule has 1 unspecified atom stereocenters. The van der Waals surface area contributed by atoms with Gasteiger partial charge in [-0.3, -0.25) is 9.79 Å². The summed E-state index contributed by atoms with van der Waals surface area (Å²) in [6.45, 7) is 6.26. The van der Waals surface area contributed by atoms with Gasteiger partial charge >= 0.3 is 5.97 Å². The first-order valence-corrected chi connectivity index (χ1v) is 8.19. The number of nitrogens with zero attached hydrogens (tertiary/aromatic N) is 1. The zero-order chi connectivity index (χ0) is 15.9. The van der Waals surface area contributed by atoms with Crippen LogP contribution in [0.4, 0.5) is 0 Å². The van der Waals surface area contributed by atoms with Gasteiger partial charge in [-0.2, -0.15) is 0 Å². The molecule has 0 fully saturated rings. The van der Waals surface area contributed by atoms with Gasteiger partial charge < -0.3 is 15.4 Å². The molecular formula is C16H34IN3O2. The summed E-state index contributed by atoms with van der Waals surface area (Å²) in [7, 11) is 3.21. The number of carbonyl (C=O) groups excluding carboxylic acids is 1. The average molecular weight is 427 g/mol. The number of hydrogen-bond acceptors (Lipinski definition) is 3. The Kier molecular flexibility index (Phi) is 18.2. The zero-order valence-electron chi connectivity index (χ0n) is 14.6. The predicted molar refractivity (Wildman–Crippen MR) is 104 cm³/mol. The van der Waals surface area contributed by atoms with E-state index in [2.05, 4.69) is 34.2 Å². The third-order valence-electron chi connectivity index (χ3n) is 3.65.